The van der Waals surface area contributed by atoms with E-state index >= 15 is 0 Å². The van der Waals surface area contributed by atoms with E-state index in [1.165, 1.54) is 12.1 Å². The summed E-state index contributed by atoms with van der Waals surface area (Å²) >= 11 is 0. The van der Waals surface area contributed by atoms with E-state index in [0.717, 1.165) is 37.6 Å². The van der Waals surface area contributed by atoms with Crippen molar-refractivity contribution in [1.29, 1.82) is 0 Å². The molecule has 0 saturated carbocycles. The van der Waals surface area contributed by atoms with Crippen molar-refractivity contribution < 1.29 is 50.4 Å². The van der Waals surface area contributed by atoms with Crippen molar-refractivity contribution >= 4 is 60.5 Å². The summed E-state index contributed by atoms with van der Waals surface area (Å²) < 4.78 is 5.96. The highest BCUT2D eigenvalue weighted by Gasteiger charge is 2.36. The smallest absolute Gasteiger partial charge is 0.208 e. The van der Waals surface area contributed by atoms with Crippen molar-refractivity contribution in [1.82, 2.24) is 0 Å². The van der Waals surface area contributed by atoms with E-state index in [4.69, 9.17) is 4.42 Å². The Morgan fingerprint density at radius 1 is 0.382 bits per heavy atom. The molecule has 0 atom stereocenters. The van der Waals surface area contributed by atoms with Crippen molar-refractivity contribution in [2.45, 2.75) is 0 Å². The fraction of sp³-hybridized carbons (Fsp3) is 0. The molecule has 270 valence electrons. The average Bonchev–Trinajstić information content (AvgIpc) is 3.60. The lowest BCUT2D eigenvalue weighted by molar-refractivity contribution is 0.329. The molecule has 9 rings (SSSR count). The van der Waals surface area contributed by atoms with Gasteiger partial charge < -0.3 is 50.4 Å². The van der Waals surface area contributed by atoms with Gasteiger partial charge in [-0.25, -0.2) is 0 Å². The molecular weight excluding hydrogens is 702 g/mol. The molecular formula is C44H29NO10. The molecule has 0 aliphatic heterocycles. The fourth-order valence-electron chi connectivity index (χ4n) is 7.47. The van der Waals surface area contributed by atoms with Gasteiger partial charge in [0.1, 0.15) is 22.5 Å². The standard InChI is InChI=1S/C44H29NO10/c46-36-33(28-13-7-15-31-32(28)27-12-5-6-14-30(27)55-31)37(47)39(49)34(38(36)48)45(35-40(50)42(52)44(54)43(53)41(35)51)23-18-16-21(17-19-23)29-20-22-8-1-2-9-24(22)25-10-3-4-11-26(25)29/h1-20,46-54H. The fourth-order valence-corrected chi connectivity index (χ4v) is 7.47. The van der Waals surface area contributed by atoms with Crippen LogP contribution in [-0.4, -0.2) is 46.0 Å². The molecule has 0 aliphatic rings. The van der Waals surface area contributed by atoms with Crippen molar-refractivity contribution in [3.63, 3.8) is 0 Å². The van der Waals surface area contributed by atoms with Crippen LogP contribution in [0, 0.1) is 0 Å². The van der Waals surface area contributed by atoms with Gasteiger partial charge in [-0.05, 0) is 63.0 Å². The van der Waals surface area contributed by atoms with Crippen molar-refractivity contribution in [2.24, 2.45) is 0 Å². The first-order valence-corrected chi connectivity index (χ1v) is 17.0. The van der Waals surface area contributed by atoms with Crippen LogP contribution in [0.5, 0.6) is 51.7 Å². The molecule has 0 aliphatic carbocycles. The molecule has 11 heteroatoms. The summed E-state index contributed by atoms with van der Waals surface area (Å²) in [6, 6.07) is 36.2. The van der Waals surface area contributed by atoms with Gasteiger partial charge in [-0.15, -0.1) is 0 Å². The van der Waals surface area contributed by atoms with Crippen LogP contribution in [0.15, 0.2) is 126 Å². The molecule has 1 aromatic heterocycles. The Morgan fingerprint density at radius 3 is 1.55 bits per heavy atom. The maximum Gasteiger partial charge on any atom is 0.208 e. The van der Waals surface area contributed by atoms with Crippen LogP contribution < -0.4 is 4.90 Å². The van der Waals surface area contributed by atoms with E-state index in [-0.39, 0.29) is 16.8 Å². The predicted molar refractivity (Wildman–Crippen MR) is 209 cm³/mol. The number of benzene rings is 8. The number of nitrogens with zero attached hydrogens (tertiary/aromatic N) is 1. The number of furan rings is 1. The summed E-state index contributed by atoms with van der Waals surface area (Å²) in [6.45, 7) is 0. The largest absolute Gasteiger partial charge is 0.504 e. The van der Waals surface area contributed by atoms with Crippen LogP contribution in [0.4, 0.5) is 17.1 Å². The van der Waals surface area contributed by atoms with Crippen molar-refractivity contribution in [3.05, 3.63) is 121 Å². The first-order valence-electron chi connectivity index (χ1n) is 17.0. The maximum absolute atomic E-state index is 11.8. The summed E-state index contributed by atoms with van der Waals surface area (Å²) in [5.74, 6) is -9.92. The number of phenolic OH excluding ortho intramolecular Hbond substituents is 9. The molecule has 9 N–H and O–H groups in total. The lowest BCUT2D eigenvalue weighted by Crippen LogP contribution is -2.12. The van der Waals surface area contributed by atoms with E-state index in [9.17, 15) is 46.0 Å². The Morgan fingerprint density at radius 2 is 0.891 bits per heavy atom. The SMILES string of the molecule is Oc1c(O)c(O)c(N(c2ccc(-c3cc4ccccc4c4ccccc34)cc2)c2c(O)c(O)c(-c3cccc4oc5ccccc5c34)c(O)c2O)c(O)c1O. The van der Waals surface area contributed by atoms with E-state index in [2.05, 4.69) is 0 Å². The van der Waals surface area contributed by atoms with Gasteiger partial charge in [-0.2, -0.15) is 0 Å². The zero-order valence-corrected chi connectivity index (χ0v) is 28.4. The zero-order chi connectivity index (χ0) is 38.3. The van der Waals surface area contributed by atoms with Gasteiger partial charge in [-0.3, -0.25) is 4.90 Å². The first kappa shape index (κ1) is 33.0. The molecule has 1 heterocycles. The van der Waals surface area contributed by atoms with E-state index in [0.29, 0.717) is 21.9 Å². The Bertz CT molecular complexity index is 2980. The number of aromatic hydroxyl groups is 9. The molecule has 0 bridgehead atoms. The molecule has 0 saturated heterocycles. The van der Waals surface area contributed by atoms with E-state index in [1.807, 2.05) is 54.6 Å². The highest BCUT2D eigenvalue weighted by Crippen LogP contribution is 2.64. The van der Waals surface area contributed by atoms with Crippen LogP contribution >= 0.6 is 0 Å². The lowest BCUT2D eigenvalue weighted by atomic mass is 9.93. The van der Waals surface area contributed by atoms with Crippen LogP contribution in [0.25, 0.3) is 65.7 Å². The quantitative estimate of drug-likeness (QED) is 0.0464. The second-order valence-electron chi connectivity index (χ2n) is 13.1. The van der Waals surface area contributed by atoms with Crippen molar-refractivity contribution in [3.8, 4) is 74.0 Å². The Balaban J connectivity index is 1.28. The highest BCUT2D eigenvalue weighted by atomic mass is 16.4. The minimum atomic E-state index is -1.24. The Labute approximate surface area is 310 Å². The second kappa shape index (κ2) is 12.1. The Kier molecular flexibility index (Phi) is 7.23. The monoisotopic (exact) mass is 731 g/mol. The number of rotatable bonds is 5. The summed E-state index contributed by atoms with van der Waals surface area (Å²) in [5.41, 5.74) is 0.736. The van der Waals surface area contributed by atoms with Gasteiger partial charge in [0.15, 0.2) is 34.5 Å². The van der Waals surface area contributed by atoms with Gasteiger partial charge in [0.2, 0.25) is 17.2 Å². The molecule has 0 fully saturated rings. The number of hydrogen-bond acceptors (Lipinski definition) is 11. The van der Waals surface area contributed by atoms with Crippen LogP contribution in [0.2, 0.25) is 0 Å². The van der Waals surface area contributed by atoms with Gasteiger partial charge in [-0.1, -0.05) is 91.0 Å². The normalized spacial score (nSPS) is 11.6. The number of fused-ring (bicyclic) bond motifs is 6. The minimum absolute atomic E-state index is 0.0102. The number of hydrogen-bond donors (Lipinski definition) is 9. The molecule has 8 aromatic carbocycles. The zero-order valence-electron chi connectivity index (χ0n) is 28.4. The van der Waals surface area contributed by atoms with Gasteiger partial charge in [0, 0.05) is 22.0 Å². The molecule has 0 unspecified atom stereocenters. The number of para-hydroxylation sites is 1. The van der Waals surface area contributed by atoms with E-state index in [1.54, 1.807) is 54.6 Å². The topological polar surface area (TPSA) is 198 Å². The first-order chi connectivity index (χ1) is 26.6. The van der Waals surface area contributed by atoms with Crippen LogP contribution in [-0.2, 0) is 0 Å². The third-order valence-electron chi connectivity index (χ3n) is 10.0. The Hall–Kier alpha value is -7.92. The molecule has 0 amide bonds. The molecule has 0 radical (unpaired) electrons. The van der Waals surface area contributed by atoms with E-state index < -0.39 is 63.1 Å². The second-order valence-corrected chi connectivity index (χ2v) is 13.1. The third kappa shape index (κ3) is 4.76. The summed E-state index contributed by atoms with van der Waals surface area (Å²) in [4.78, 5) is 0.813. The molecule has 0 spiro atoms. The van der Waals surface area contributed by atoms with Crippen LogP contribution in [0.3, 0.4) is 0 Å². The predicted octanol–water partition coefficient (Wildman–Crippen LogP) is 10.0. The van der Waals surface area contributed by atoms with Gasteiger partial charge in [0.25, 0.3) is 0 Å². The summed E-state index contributed by atoms with van der Waals surface area (Å²) in [7, 11) is 0. The molecule has 55 heavy (non-hydrogen) atoms. The summed E-state index contributed by atoms with van der Waals surface area (Å²) in [6.07, 6.45) is 0. The maximum atomic E-state index is 11.8. The minimum Gasteiger partial charge on any atom is -0.504 e. The highest BCUT2D eigenvalue weighted by molar-refractivity contribution is 6.15. The average molecular weight is 732 g/mol. The molecule has 9 aromatic rings. The number of anilines is 3. The van der Waals surface area contributed by atoms with Gasteiger partial charge in [0.05, 0.1) is 5.56 Å². The van der Waals surface area contributed by atoms with Crippen molar-refractivity contribution in [2.75, 3.05) is 4.90 Å². The van der Waals surface area contributed by atoms with Gasteiger partial charge >= 0.3 is 0 Å². The lowest BCUT2D eigenvalue weighted by Gasteiger charge is -2.29. The third-order valence-corrected chi connectivity index (χ3v) is 10.0. The molecule has 11 nitrogen and oxygen atoms in total. The van der Waals surface area contributed by atoms with Crippen LogP contribution in [0.1, 0.15) is 0 Å². The summed E-state index contributed by atoms with van der Waals surface area (Å²) in [5, 5.41) is 106. The number of phenols is 9.